The Morgan fingerprint density at radius 1 is 1.30 bits per heavy atom. The van der Waals surface area contributed by atoms with Crippen LogP contribution in [0.4, 0.5) is 10.5 Å². The Morgan fingerprint density at radius 2 is 1.95 bits per heavy atom. The van der Waals surface area contributed by atoms with Crippen LogP contribution in [0.15, 0.2) is 18.2 Å². The van der Waals surface area contributed by atoms with Crippen LogP contribution in [0.25, 0.3) is 0 Å². The number of carbonyl (C=O) groups is 2. The monoisotopic (exact) mass is 275 g/mol. The molecule has 0 spiro atoms. The standard InChI is InChI=1S/C16H21NO3/c1-10(2)12-8-6-7-11-9-13(18)17(14(11)12)15(19)20-16(3,4)5/h6-8,10H,9H2,1-5H3. The Balaban J connectivity index is 2.44. The SMILES string of the molecule is CC(C)c1cccc2c1N(C(=O)OC(C)(C)C)C(=O)C2. The van der Waals surface area contributed by atoms with Gasteiger partial charge in [-0.1, -0.05) is 32.0 Å². The molecule has 0 bridgehead atoms. The smallest absolute Gasteiger partial charge is 0.421 e. The predicted octanol–water partition coefficient (Wildman–Crippen LogP) is 3.63. The summed E-state index contributed by atoms with van der Waals surface area (Å²) in [6.45, 7) is 9.47. The maximum absolute atomic E-state index is 12.3. The van der Waals surface area contributed by atoms with Gasteiger partial charge in [0.05, 0.1) is 12.1 Å². The lowest BCUT2D eigenvalue weighted by atomic mass is 9.98. The third-order valence-corrected chi connectivity index (χ3v) is 3.16. The second-order valence-corrected chi connectivity index (χ2v) is 6.40. The van der Waals surface area contributed by atoms with Crippen molar-refractivity contribution in [2.24, 2.45) is 0 Å². The van der Waals surface area contributed by atoms with E-state index in [2.05, 4.69) is 0 Å². The van der Waals surface area contributed by atoms with E-state index in [0.717, 1.165) is 11.1 Å². The number of hydrogen-bond donors (Lipinski definition) is 0. The summed E-state index contributed by atoms with van der Waals surface area (Å²) >= 11 is 0. The molecule has 2 rings (SSSR count). The van der Waals surface area contributed by atoms with Gasteiger partial charge in [0.2, 0.25) is 5.91 Å². The molecule has 2 amide bonds. The lowest BCUT2D eigenvalue weighted by Gasteiger charge is -2.25. The fourth-order valence-corrected chi connectivity index (χ4v) is 2.36. The van der Waals surface area contributed by atoms with Crippen LogP contribution in [0, 0.1) is 0 Å². The van der Waals surface area contributed by atoms with Crippen molar-refractivity contribution in [2.45, 2.75) is 52.6 Å². The highest BCUT2D eigenvalue weighted by molar-refractivity contribution is 6.17. The topological polar surface area (TPSA) is 46.6 Å². The lowest BCUT2D eigenvalue weighted by molar-refractivity contribution is -0.117. The molecule has 1 heterocycles. The van der Waals surface area contributed by atoms with Crippen LogP contribution in [-0.4, -0.2) is 17.6 Å². The third-order valence-electron chi connectivity index (χ3n) is 3.16. The summed E-state index contributed by atoms with van der Waals surface area (Å²) in [5.74, 6) is 0.0168. The molecule has 4 heteroatoms. The summed E-state index contributed by atoms with van der Waals surface area (Å²) in [5.41, 5.74) is 1.99. The van der Waals surface area contributed by atoms with Gasteiger partial charge in [0.25, 0.3) is 0 Å². The van der Waals surface area contributed by atoms with Gasteiger partial charge in [-0.25, -0.2) is 9.69 Å². The van der Waals surface area contributed by atoms with Crippen LogP contribution >= 0.6 is 0 Å². The summed E-state index contributed by atoms with van der Waals surface area (Å²) in [5, 5.41) is 0. The zero-order valence-corrected chi connectivity index (χ0v) is 12.7. The molecule has 0 saturated heterocycles. The minimum atomic E-state index is -0.618. The number of amides is 2. The molecule has 0 saturated carbocycles. The number of fused-ring (bicyclic) bond motifs is 1. The number of ether oxygens (including phenoxy) is 1. The quantitative estimate of drug-likeness (QED) is 0.786. The van der Waals surface area contributed by atoms with Gasteiger partial charge in [-0.3, -0.25) is 4.79 Å². The van der Waals surface area contributed by atoms with Gasteiger partial charge in [-0.2, -0.15) is 0 Å². The first-order valence-corrected chi connectivity index (χ1v) is 6.88. The zero-order valence-electron chi connectivity index (χ0n) is 12.7. The molecule has 4 nitrogen and oxygen atoms in total. The van der Waals surface area contributed by atoms with E-state index in [1.165, 1.54) is 4.90 Å². The van der Waals surface area contributed by atoms with E-state index in [1.54, 1.807) is 20.8 Å². The summed E-state index contributed by atoms with van der Waals surface area (Å²) in [4.78, 5) is 25.6. The Kier molecular flexibility index (Phi) is 3.59. The highest BCUT2D eigenvalue weighted by Gasteiger charge is 2.37. The van der Waals surface area contributed by atoms with Gasteiger partial charge < -0.3 is 4.74 Å². The average Bonchev–Trinajstić information content (AvgIpc) is 2.61. The minimum absolute atomic E-state index is 0.220. The highest BCUT2D eigenvalue weighted by Crippen LogP contribution is 2.37. The Hall–Kier alpha value is -1.84. The fraction of sp³-hybridized carbons (Fsp3) is 0.500. The summed E-state index contributed by atoms with van der Waals surface area (Å²) in [6, 6.07) is 5.78. The first kappa shape index (κ1) is 14.6. The Bertz CT molecular complexity index is 555. The molecule has 0 aromatic heterocycles. The van der Waals surface area contributed by atoms with Crippen molar-refractivity contribution in [2.75, 3.05) is 4.90 Å². The van der Waals surface area contributed by atoms with E-state index in [-0.39, 0.29) is 18.2 Å². The molecule has 1 aromatic carbocycles. The molecule has 1 aliphatic heterocycles. The van der Waals surface area contributed by atoms with E-state index < -0.39 is 11.7 Å². The summed E-state index contributed by atoms with van der Waals surface area (Å²) < 4.78 is 5.35. The first-order chi connectivity index (χ1) is 9.20. The maximum atomic E-state index is 12.3. The van der Waals surface area contributed by atoms with Crippen LogP contribution in [0.3, 0.4) is 0 Å². The van der Waals surface area contributed by atoms with Gasteiger partial charge in [0, 0.05) is 0 Å². The number of nitrogens with zero attached hydrogens (tertiary/aromatic N) is 1. The normalized spacial score (nSPS) is 14.7. The molecule has 20 heavy (non-hydrogen) atoms. The van der Waals surface area contributed by atoms with Crippen LogP contribution < -0.4 is 4.90 Å². The minimum Gasteiger partial charge on any atom is -0.443 e. The van der Waals surface area contributed by atoms with Gasteiger partial charge in [-0.05, 0) is 37.8 Å². The van der Waals surface area contributed by atoms with Crippen molar-refractivity contribution in [1.82, 2.24) is 0 Å². The molecule has 0 unspecified atom stereocenters. The molecular formula is C16H21NO3. The van der Waals surface area contributed by atoms with Gasteiger partial charge in [0.1, 0.15) is 5.60 Å². The fourth-order valence-electron chi connectivity index (χ4n) is 2.36. The van der Waals surface area contributed by atoms with Crippen molar-refractivity contribution in [3.8, 4) is 0 Å². The summed E-state index contributed by atoms with van der Waals surface area (Å²) in [6.07, 6.45) is -0.330. The van der Waals surface area contributed by atoms with Crippen molar-refractivity contribution in [3.05, 3.63) is 29.3 Å². The largest absolute Gasteiger partial charge is 0.443 e. The van der Waals surface area contributed by atoms with Gasteiger partial charge in [-0.15, -0.1) is 0 Å². The van der Waals surface area contributed by atoms with E-state index in [4.69, 9.17) is 4.74 Å². The molecule has 108 valence electrons. The second-order valence-electron chi connectivity index (χ2n) is 6.40. The van der Waals surface area contributed by atoms with Crippen LogP contribution in [0.2, 0.25) is 0 Å². The van der Waals surface area contributed by atoms with E-state index in [0.29, 0.717) is 5.69 Å². The molecular weight excluding hydrogens is 254 g/mol. The number of benzene rings is 1. The number of hydrogen-bond acceptors (Lipinski definition) is 3. The number of anilines is 1. The van der Waals surface area contributed by atoms with Crippen molar-refractivity contribution >= 4 is 17.7 Å². The lowest BCUT2D eigenvalue weighted by Crippen LogP contribution is -2.39. The van der Waals surface area contributed by atoms with Crippen LogP contribution in [0.1, 0.15) is 51.7 Å². The number of para-hydroxylation sites is 1. The number of imide groups is 1. The maximum Gasteiger partial charge on any atom is 0.421 e. The van der Waals surface area contributed by atoms with Crippen molar-refractivity contribution in [1.29, 1.82) is 0 Å². The van der Waals surface area contributed by atoms with E-state index in [9.17, 15) is 9.59 Å². The molecule has 1 aliphatic rings. The molecule has 0 fully saturated rings. The van der Waals surface area contributed by atoms with Gasteiger partial charge in [0.15, 0.2) is 0 Å². The van der Waals surface area contributed by atoms with E-state index in [1.807, 2.05) is 32.0 Å². The second kappa shape index (κ2) is 4.93. The molecule has 0 radical (unpaired) electrons. The molecule has 0 N–H and O–H groups in total. The summed E-state index contributed by atoms with van der Waals surface area (Å²) in [7, 11) is 0. The van der Waals surface area contributed by atoms with Crippen molar-refractivity contribution in [3.63, 3.8) is 0 Å². The molecule has 0 atom stereocenters. The average molecular weight is 275 g/mol. The molecule has 1 aromatic rings. The first-order valence-electron chi connectivity index (χ1n) is 6.88. The van der Waals surface area contributed by atoms with Gasteiger partial charge >= 0.3 is 6.09 Å². The molecule has 0 aliphatic carbocycles. The highest BCUT2D eigenvalue weighted by atomic mass is 16.6. The third kappa shape index (κ3) is 2.69. The predicted molar refractivity (Wildman–Crippen MR) is 78.0 cm³/mol. The van der Waals surface area contributed by atoms with Crippen LogP contribution in [-0.2, 0) is 16.0 Å². The van der Waals surface area contributed by atoms with Crippen molar-refractivity contribution < 1.29 is 14.3 Å². The Morgan fingerprint density at radius 3 is 2.50 bits per heavy atom. The zero-order chi connectivity index (χ0) is 15.1. The Labute approximate surface area is 119 Å². The number of carbonyl (C=O) groups excluding carboxylic acids is 2. The number of rotatable bonds is 1. The van der Waals surface area contributed by atoms with E-state index >= 15 is 0 Å². The van der Waals surface area contributed by atoms with Crippen LogP contribution in [0.5, 0.6) is 0 Å².